The van der Waals surface area contributed by atoms with Gasteiger partial charge in [-0.1, -0.05) is 0 Å². The van der Waals surface area contributed by atoms with Crippen molar-refractivity contribution in [3.8, 4) is 0 Å². The molecule has 0 aromatic carbocycles. The predicted octanol–water partition coefficient (Wildman–Crippen LogP) is 0.186. The van der Waals surface area contributed by atoms with Crippen molar-refractivity contribution in [2.24, 2.45) is 0 Å². The van der Waals surface area contributed by atoms with Gasteiger partial charge in [0, 0.05) is 12.7 Å². The number of amides is 1. The molecule has 0 unspecified atom stereocenters. The molecule has 5 heteroatoms. The summed E-state index contributed by atoms with van der Waals surface area (Å²) < 4.78 is 0. The smallest absolute Gasteiger partial charge is 0.227 e. The van der Waals surface area contributed by atoms with Crippen molar-refractivity contribution in [3.63, 3.8) is 0 Å². The van der Waals surface area contributed by atoms with Gasteiger partial charge in [0.2, 0.25) is 5.91 Å². The Kier molecular flexibility index (Phi) is 3.72. The third kappa shape index (κ3) is 2.93. The van der Waals surface area contributed by atoms with Crippen molar-refractivity contribution < 1.29 is 9.59 Å². The van der Waals surface area contributed by atoms with Gasteiger partial charge in [0.05, 0.1) is 6.42 Å². The zero-order chi connectivity index (χ0) is 10.4. The van der Waals surface area contributed by atoms with Gasteiger partial charge in [-0.2, -0.15) is 0 Å². The van der Waals surface area contributed by atoms with Crippen LogP contribution in [-0.2, 0) is 4.79 Å². The molecule has 0 bridgehead atoms. The second-order valence-electron chi connectivity index (χ2n) is 2.65. The molecule has 1 heterocycles. The van der Waals surface area contributed by atoms with Crippen LogP contribution >= 0.6 is 0 Å². The lowest BCUT2D eigenvalue weighted by Gasteiger charge is -2.00. The first-order valence-corrected chi connectivity index (χ1v) is 4.30. The Morgan fingerprint density at radius 1 is 1.50 bits per heavy atom. The van der Waals surface area contributed by atoms with Crippen LogP contribution in [0.3, 0.4) is 0 Å². The van der Waals surface area contributed by atoms with E-state index in [1.807, 2.05) is 0 Å². The molecule has 0 saturated heterocycles. The summed E-state index contributed by atoms with van der Waals surface area (Å²) in [6.45, 7) is 2.32. The van der Waals surface area contributed by atoms with Crippen molar-refractivity contribution in [1.29, 1.82) is 0 Å². The number of ketones is 1. The fourth-order valence-corrected chi connectivity index (χ4v) is 0.952. The van der Waals surface area contributed by atoms with Gasteiger partial charge >= 0.3 is 0 Å². The van der Waals surface area contributed by atoms with E-state index < -0.39 is 0 Å². The summed E-state index contributed by atoms with van der Waals surface area (Å²) in [5, 5.41) is 2.54. The van der Waals surface area contributed by atoms with E-state index in [9.17, 15) is 9.59 Å². The van der Waals surface area contributed by atoms with Gasteiger partial charge in [-0.15, -0.1) is 0 Å². The number of carbonyl (C=O) groups excluding carboxylic acids is 2. The Morgan fingerprint density at radius 2 is 2.29 bits per heavy atom. The van der Waals surface area contributed by atoms with E-state index in [0.29, 0.717) is 6.54 Å². The first-order valence-electron chi connectivity index (χ1n) is 4.30. The van der Waals surface area contributed by atoms with Crippen molar-refractivity contribution in [2.45, 2.75) is 13.3 Å². The number of hydrogen-bond acceptors (Lipinski definition) is 4. The lowest BCUT2D eigenvalue weighted by atomic mass is 10.2. The molecule has 1 N–H and O–H groups in total. The highest BCUT2D eigenvalue weighted by atomic mass is 16.2. The number of rotatable bonds is 4. The summed E-state index contributed by atoms with van der Waals surface area (Å²) in [7, 11) is 0. The van der Waals surface area contributed by atoms with Crippen LogP contribution in [-0.4, -0.2) is 28.2 Å². The van der Waals surface area contributed by atoms with Crippen LogP contribution in [0, 0.1) is 0 Å². The van der Waals surface area contributed by atoms with E-state index in [4.69, 9.17) is 0 Å². The van der Waals surface area contributed by atoms with Gasteiger partial charge in [0.1, 0.15) is 12.0 Å². The molecule has 0 spiro atoms. The van der Waals surface area contributed by atoms with Crippen molar-refractivity contribution in [2.75, 3.05) is 6.54 Å². The number of Topliss-reactive ketones (excluding diaryl/α,β-unsaturated/α-hetero) is 1. The second kappa shape index (κ2) is 5.06. The molecule has 0 atom stereocenters. The highest BCUT2D eigenvalue weighted by Gasteiger charge is 2.11. The molecular formula is C9H11N3O2. The standard InChI is InChI=1S/C9H11N3O2/c1-2-11-9(14)5-8(13)7-3-4-10-6-12-7/h3-4,6H,2,5H2,1H3,(H,11,14). The Labute approximate surface area is 81.6 Å². The summed E-state index contributed by atoms with van der Waals surface area (Å²) >= 11 is 0. The zero-order valence-corrected chi connectivity index (χ0v) is 7.86. The van der Waals surface area contributed by atoms with Gasteiger partial charge in [-0.3, -0.25) is 9.59 Å². The third-order valence-corrected chi connectivity index (χ3v) is 1.56. The van der Waals surface area contributed by atoms with Gasteiger partial charge < -0.3 is 5.32 Å². The average molecular weight is 193 g/mol. The van der Waals surface area contributed by atoms with Crippen LogP contribution in [0.25, 0.3) is 0 Å². The summed E-state index contributed by atoms with van der Waals surface area (Å²) in [5.74, 6) is -0.575. The monoisotopic (exact) mass is 193 g/mol. The lowest BCUT2D eigenvalue weighted by Crippen LogP contribution is -2.25. The van der Waals surface area contributed by atoms with E-state index in [1.165, 1.54) is 18.6 Å². The molecule has 0 saturated carbocycles. The molecule has 1 aromatic rings. The maximum Gasteiger partial charge on any atom is 0.227 e. The molecule has 0 radical (unpaired) electrons. The largest absolute Gasteiger partial charge is 0.356 e. The molecule has 0 fully saturated rings. The molecule has 0 aliphatic rings. The number of carbonyl (C=O) groups is 2. The molecule has 0 aliphatic heterocycles. The zero-order valence-electron chi connectivity index (χ0n) is 7.86. The van der Waals surface area contributed by atoms with E-state index >= 15 is 0 Å². The van der Waals surface area contributed by atoms with Gasteiger partial charge in [0.25, 0.3) is 0 Å². The van der Waals surface area contributed by atoms with Crippen molar-refractivity contribution >= 4 is 11.7 Å². The van der Waals surface area contributed by atoms with Gasteiger partial charge in [-0.25, -0.2) is 9.97 Å². The highest BCUT2D eigenvalue weighted by molar-refractivity contribution is 6.06. The average Bonchev–Trinajstić information content (AvgIpc) is 2.19. The maximum absolute atomic E-state index is 11.4. The Bertz CT molecular complexity index is 324. The molecule has 74 valence electrons. The fourth-order valence-electron chi connectivity index (χ4n) is 0.952. The minimum atomic E-state index is -0.293. The Morgan fingerprint density at radius 3 is 2.86 bits per heavy atom. The number of aromatic nitrogens is 2. The quantitative estimate of drug-likeness (QED) is 0.547. The van der Waals surface area contributed by atoms with Crippen LogP contribution in [0.1, 0.15) is 23.8 Å². The lowest BCUT2D eigenvalue weighted by molar-refractivity contribution is -0.120. The van der Waals surface area contributed by atoms with Crippen LogP contribution < -0.4 is 5.32 Å². The van der Waals surface area contributed by atoms with Crippen molar-refractivity contribution in [1.82, 2.24) is 15.3 Å². The molecule has 1 rings (SSSR count). The first-order chi connectivity index (χ1) is 6.74. The number of nitrogens with zero attached hydrogens (tertiary/aromatic N) is 2. The molecule has 5 nitrogen and oxygen atoms in total. The maximum atomic E-state index is 11.4. The van der Waals surface area contributed by atoms with E-state index in [-0.39, 0.29) is 23.8 Å². The molecule has 14 heavy (non-hydrogen) atoms. The second-order valence-corrected chi connectivity index (χ2v) is 2.65. The topological polar surface area (TPSA) is 72.0 Å². The number of hydrogen-bond donors (Lipinski definition) is 1. The van der Waals surface area contributed by atoms with Crippen molar-refractivity contribution in [3.05, 3.63) is 24.3 Å². The third-order valence-electron chi connectivity index (χ3n) is 1.56. The molecule has 1 amide bonds. The van der Waals surface area contributed by atoms with Crippen LogP contribution in [0.4, 0.5) is 0 Å². The van der Waals surface area contributed by atoms with E-state index in [1.54, 1.807) is 6.92 Å². The summed E-state index contributed by atoms with van der Waals surface area (Å²) in [6, 6.07) is 1.49. The first kappa shape index (κ1) is 10.3. The fraction of sp³-hybridized carbons (Fsp3) is 0.333. The van der Waals surface area contributed by atoms with Crippen LogP contribution in [0.2, 0.25) is 0 Å². The van der Waals surface area contributed by atoms with Gasteiger partial charge in [-0.05, 0) is 13.0 Å². The van der Waals surface area contributed by atoms with Gasteiger partial charge in [0.15, 0.2) is 5.78 Å². The highest BCUT2D eigenvalue weighted by Crippen LogP contribution is 1.97. The summed E-state index contributed by atoms with van der Waals surface area (Å²) in [6.07, 6.45) is 2.59. The number of nitrogens with one attached hydrogen (secondary N) is 1. The summed E-state index contributed by atoms with van der Waals surface area (Å²) in [5.41, 5.74) is 0.270. The normalized spacial score (nSPS) is 9.50. The molecule has 1 aromatic heterocycles. The van der Waals surface area contributed by atoms with Crippen LogP contribution in [0.5, 0.6) is 0 Å². The Hall–Kier alpha value is -1.78. The van der Waals surface area contributed by atoms with Crippen LogP contribution in [0.15, 0.2) is 18.6 Å². The SMILES string of the molecule is CCNC(=O)CC(=O)c1ccncn1. The molecule has 0 aliphatic carbocycles. The minimum Gasteiger partial charge on any atom is -0.356 e. The minimum absolute atomic E-state index is 0.162. The van der Waals surface area contributed by atoms with E-state index in [2.05, 4.69) is 15.3 Å². The van der Waals surface area contributed by atoms with E-state index in [0.717, 1.165) is 0 Å². The summed E-state index contributed by atoms with van der Waals surface area (Å²) in [4.78, 5) is 29.9. The predicted molar refractivity (Wildman–Crippen MR) is 49.7 cm³/mol. The molecular weight excluding hydrogens is 182 g/mol. The Balaban J connectivity index is 2.55.